The summed E-state index contributed by atoms with van der Waals surface area (Å²) in [5.41, 5.74) is 19.5. The van der Waals surface area contributed by atoms with Crippen molar-refractivity contribution < 1.29 is 4.70 Å². The second-order valence-corrected chi connectivity index (χ2v) is 11.2. The van der Waals surface area contributed by atoms with Gasteiger partial charge in [-0.1, -0.05) is 116 Å². The van der Waals surface area contributed by atoms with Gasteiger partial charge in [0.15, 0.2) is 0 Å². The summed E-state index contributed by atoms with van der Waals surface area (Å²) >= 11 is 0. The summed E-state index contributed by atoms with van der Waals surface area (Å²) in [4.78, 5) is 0. The van der Waals surface area contributed by atoms with Crippen LogP contribution < -0.4 is 0 Å². The van der Waals surface area contributed by atoms with Crippen LogP contribution in [0.15, 0.2) is 60.2 Å². The molecule has 0 atom stereocenters. The molecule has 1 heterocycles. The van der Waals surface area contributed by atoms with Crippen molar-refractivity contribution in [2.24, 2.45) is 0 Å². The minimum Gasteiger partial charge on any atom is -0.493 e. The van der Waals surface area contributed by atoms with E-state index in [2.05, 4.69) is 75.4 Å². The zero-order chi connectivity index (χ0) is 27.0. The van der Waals surface area contributed by atoms with Gasteiger partial charge in [-0.15, -0.1) is 0 Å². The fourth-order valence-corrected chi connectivity index (χ4v) is 5.51. The van der Waals surface area contributed by atoms with Crippen molar-refractivity contribution in [2.45, 2.75) is 130 Å². The van der Waals surface area contributed by atoms with Crippen molar-refractivity contribution in [3.05, 3.63) is 88.0 Å². The van der Waals surface area contributed by atoms with Gasteiger partial charge < -0.3 is 5.53 Å². The van der Waals surface area contributed by atoms with Gasteiger partial charge in [-0.2, -0.15) is 0 Å². The molecule has 2 nitrogen and oxygen atoms in total. The lowest BCUT2D eigenvalue weighted by molar-refractivity contribution is -0.344. The molecule has 0 aliphatic carbocycles. The van der Waals surface area contributed by atoms with Gasteiger partial charge in [0.1, 0.15) is 0 Å². The lowest BCUT2D eigenvalue weighted by Crippen LogP contribution is -2.02. The van der Waals surface area contributed by atoms with Crippen molar-refractivity contribution in [3.63, 3.8) is 0 Å². The molecule has 0 aromatic heterocycles. The summed E-state index contributed by atoms with van der Waals surface area (Å²) in [6.45, 7) is 6.78. The molecule has 0 bridgehead atoms. The normalized spacial score (nSPS) is 13.4. The molecule has 0 amide bonds. The van der Waals surface area contributed by atoms with E-state index >= 15 is 0 Å². The Kier molecular flexibility index (Phi) is 13.6. The molecular weight excluding hydrogens is 460 g/mol. The van der Waals surface area contributed by atoms with E-state index in [0.29, 0.717) is 0 Å². The van der Waals surface area contributed by atoms with E-state index in [9.17, 15) is 5.53 Å². The Morgan fingerprint density at radius 1 is 0.500 bits per heavy atom. The third kappa shape index (κ3) is 9.37. The summed E-state index contributed by atoms with van der Waals surface area (Å²) in [6.07, 6.45) is 23.6. The van der Waals surface area contributed by atoms with Crippen LogP contribution in [0.2, 0.25) is 0 Å². The van der Waals surface area contributed by atoms with Crippen LogP contribution in [0.25, 0.3) is 16.9 Å². The number of allylic oxidation sites excluding steroid dienone is 2. The highest BCUT2D eigenvalue weighted by Crippen LogP contribution is 2.37. The van der Waals surface area contributed by atoms with Crippen molar-refractivity contribution in [3.8, 4) is 0 Å². The number of hydrogen-bond donors (Lipinski definition) is 0. The van der Waals surface area contributed by atoms with Crippen molar-refractivity contribution >= 4 is 11.4 Å². The highest BCUT2D eigenvalue weighted by Gasteiger charge is 2.28. The predicted molar refractivity (Wildman–Crippen MR) is 165 cm³/mol. The number of hydrogen-bond acceptors (Lipinski definition) is 0. The van der Waals surface area contributed by atoms with Gasteiger partial charge in [-0.25, -0.2) is 4.70 Å². The molecule has 2 aromatic rings. The van der Waals surface area contributed by atoms with Crippen LogP contribution >= 0.6 is 0 Å². The first-order valence-electron chi connectivity index (χ1n) is 15.8. The van der Waals surface area contributed by atoms with Gasteiger partial charge in [-0.05, 0) is 73.9 Å². The first-order chi connectivity index (χ1) is 18.7. The summed E-state index contributed by atoms with van der Waals surface area (Å²) in [7, 11) is 0. The van der Waals surface area contributed by atoms with Crippen molar-refractivity contribution in [1.29, 1.82) is 0 Å². The summed E-state index contributed by atoms with van der Waals surface area (Å²) in [6, 6.07) is 17.8. The van der Waals surface area contributed by atoms with Gasteiger partial charge in [0, 0.05) is 22.8 Å². The molecule has 0 saturated heterocycles. The molecule has 1 aliphatic rings. The third-order valence-corrected chi connectivity index (χ3v) is 7.97. The Balaban J connectivity index is 1.69. The number of benzene rings is 2. The smallest absolute Gasteiger partial charge is 0.210 e. The molecule has 38 heavy (non-hydrogen) atoms. The monoisotopic (exact) mass is 512 g/mol. The summed E-state index contributed by atoms with van der Waals surface area (Å²) in [5, 5.41) is 0. The van der Waals surface area contributed by atoms with Crippen LogP contribution in [0.5, 0.6) is 0 Å². The fourth-order valence-electron chi connectivity index (χ4n) is 5.51. The minimum atomic E-state index is 0.905. The standard InChI is InChI=1S/C36H52N2/c1-4-7-10-12-14-16-19-31-21-25-32(26-22-31)35-29-34(20-17-15-13-11-8-5-2)36(38(35)37)33-27-23-30(24-28-33)18-9-6-3/h21-29H,4-20H2,1-3H3. The van der Waals surface area contributed by atoms with E-state index in [1.807, 2.05) is 0 Å². The molecular formula is C36H52N2. The van der Waals surface area contributed by atoms with E-state index in [-0.39, 0.29) is 0 Å². The molecule has 0 unspecified atom stereocenters. The second kappa shape index (κ2) is 17.2. The van der Waals surface area contributed by atoms with Gasteiger partial charge in [0.25, 0.3) is 0 Å². The number of aryl methyl sites for hydroxylation is 2. The molecule has 0 saturated carbocycles. The van der Waals surface area contributed by atoms with Crippen LogP contribution in [-0.4, -0.2) is 4.70 Å². The van der Waals surface area contributed by atoms with E-state index < -0.39 is 0 Å². The lowest BCUT2D eigenvalue weighted by atomic mass is 9.99. The van der Waals surface area contributed by atoms with Crippen molar-refractivity contribution in [2.75, 3.05) is 0 Å². The Morgan fingerprint density at radius 2 is 0.947 bits per heavy atom. The van der Waals surface area contributed by atoms with Gasteiger partial charge in [0.2, 0.25) is 11.4 Å². The quantitative estimate of drug-likeness (QED) is 0.132. The van der Waals surface area contributed by atoms with Crippen LogP contribution in [-0.2, 0) is 12.8 Å². The molecule has 0 spiro atoms. The Bertz CT molecular complexity index is 1020. The largest absolute Gasteiger partial charge is 0.493 e. The Hall–Kier alpha value is -2.48. The topological polar surface area (TPSA) is 25.3 Å². The third-order valence-electron chi connectivity index (χ3n) is 7.97. The SMILES string of the molecule is CCCCCCCCC1=C(c2ccc(CCCC)cc2)[N+](=[N-])C(c2ccc(CCCCCCCC)cc2)=C1. The molecule has 2 heteroatoms. The molecule has 0 fully saturated rings. The lowest BCUT2D eigenvalue weighted by Gasteiger charge is -2.11. The molecule has 0 N–H and O–H groups in total. The predicted octanol–water partition coefficient (Wildman–Crippen LogP) is 11.5. The fraction of sp³-hybridized carbons (Fsp3) is 0.556. The van der Waals surface area contributed by atoms with E-state index in [1.165, 1.54) is 111 Å². The van der Waals surface area contributed by atoms with Crippen LogP contribution in [0.4, 0.5) is 0 Å². The maximum atomic E-state index is 11.4. The number of rotatable bonds is 19. The number of nitrogens with zero attached hydrogens (tertiary/aromatic N) is 2. The van der Waals surface area contributed by atoms with Gasteiger partial charge in [-0.3, -0.25) is 0 Å². The number of unbranched alkanes of at least 4 members (excludes halogenated alkanes) is 11. The summed E-state index contributed by atoms with van der Waals surface area (Å²) < 4.78 is 1.45. The first-order valence-corrected chi connectivity index (χ1v) is 15.8. The van der Waals surface area contributed by atoms with Crippen LogP contribution in [0, 0.1) is 0 Å². The van der Waals surface area contributed by atoms with Crippen LogP contribution in [0.1, 0.15) is 139 Å². The van der Waals surface area contributed by atoms with Gasteiger partial charge in [0.05, 0.1) is 0 Å². The molecule has 0 radical (unpaired) electrons. The Morgan fingerprint density at radius 3 is 1.50 bits per heavy atom. The molecule has 1 aliphatic heterocycles. The van der Waals surface area contributed by atoms with Gasteiger partial charge >= 0.3 is 0 Å². The van der Waals surface area contributed by atoms with E-state index in [4.69, 9.17) is 0 Å². The Labute approximate surface area is 233 Å². The first kappa shape index (κ1) is 30.1. The highest BCUT2D eigenvalue weighted by atomic mass is 15.2. The van der Waals surface area contributed by atoms with E-state index in [1.54, 1.807) is 0 Å². The molecule has 206 valence electrons. The maximum Gasteiger partial charge on any atom is 0.210 e. The maximum absolute atomic E-state index is 11.4. The second-order valence-electron chi connectivity index (χ2n) is 11.2. The molecule has 3 rings (SSSR count). The van der Waals surface area contributed by atoms with Crippen molar-refractivity contribution in [1.82, 2.24) is 0 Å². The highest BCUT2D eigenvalue weighted by molar-refractivity contribution is 5.78. The van der Waals surface area contributed by atoms with Crippen LogP contribution in [0.3, 0.4) is 0 Å². The zero-order valence-corrected chi connectivity index (χ0v) is 24.6. The zero-order valence-electron chi connectivity index (χ0n) is 24.6. The molecule has 2 aromatic carbocycles. The van der Waals surface area contributed by atoms with E-state index in [0.717, 1.165) is 41.8 Å². The average Bonchev–Trinajstić information content (AvgIpc) is 3.27. The summed E-state index contributed by atoms with van der Waals surface area (Å²) in [5.74, 6) is 0. The minimum absolute atomic E-state index is 0.905. The average molecular weight is 513 g/mol.